The molecular weight excluding hydrogens is 296 g/mol. The first kappa shape index (κ1) is 14.5. The third-order valence-electron chi connectivity index (χ3n) is 4.02. The summed E-state index contributed by atoms with van der Waals surface area (Å²) >= 11 is 0. The minimum atomic E-state index is 0.837. The van der Waals surface area contributed by atoms with Gasteiger partial charge in [-0.2, -0.15) is 5.10 Å². The van der Waals surface area contributed by atoms with Crippen molar-refractivity contribution in [3.8, 4) is 11.5 Å². The zero-order chi connectivity index (χ0) is 16.2. The van der Waals surface area contributed by atoms with Crippen molar-refractivity contribution < 1.29 is 4.74 Å². The molecule has 0 saturated heterocycles. The normalized spacial score (nSPS) is 13.7. The lowest BCUT2D eigenvalue weighted by Gasteiger charge is -2.12. The summed E-state index contributed by atoms with van der Waals surface area (Å²) in [6.07, 6.45) is 0.952. The van der Waals surface area contributed by atoms with E-state index in [0.29, 0.717) is 0 Å². The van der Waals surface area contributed by atoms with Gasteiger partial charge in [0.25, 0.3) is 0 Å². The Bertz CT molecular complexity index is 827. The molecule has 1 heterocycles. The number of nitrogens with zero attached hydrogens (tertiary/aromatic N) is 2. The maximum absolute atomic E-state index is 5.84. The molecule has 118 valence electrons. The Morgan fingerprint density at radius 1 is 0.708 bits per heavy atom. The van der Waals surface area contributed by atoms with Gasteiger partial charge in [0.05, 0.1) is 11.4 Å². The van der Waals surface area contributed by atoms with Crippen LogP contribution < -0.4 is 9.75 Å². The number of anilines is 1. The summed E-state index contributed by atoms with van der Waals surface area (Å²) in [5, 5.41) is 6.81. The largest absolute Gasteiger partial charge is 0.457 e. The molecule has 0 unspecified atom stereocenters. The van der Waals surface area contributed by atoms with Gasteiger partial charge in [-0.05, 0) is 54.1 Å². The molecule has 0 bridgehead atoms. The third-order valence-corrected chi connectivity index (χ3v) is 4.02. The highest BCUT2D eigenvalue weighted by Gasteiger charge is 2.17. The molecule has 4 rings (SSSR count). The van der Waals surface area contributed by atoms with Crippen LogP contribution in [0.4, 0.5) is 5.69 Å². The van der Waals surface area contributed by atoms with Gasteiger partial charge in [-0.25, -0.2) is 0 Å². The molecule has 0 atom stereocenters. The number of hydrogen-bond donors (Lipinski definition) is 0. The first-order valence-electron chi connectivity index (χ1n) is 8.12. The van der Waals surface area contributed by atoms with E-state index in [4.69, 9.17) is 9.84 Å². The van der Waals surface area contributed by atoms with Crippen LogP contribution in [-0.4, -0.2) is 12.3 Å². The van der Waals surface area contributed by atoms with Crippen LogP contribution in [0.5, 0.6) is 11.5 Å². The Balaban J connectivity index is 1.49. The highest BCUT2D eigenvalue weighted by atomic mass is 16.5. The summed E-state index contributed by atoms with van der Waals surface area (Å²) in [4.78, 5) is 0. The number of benzene rings is 3. The zero-order valence-corrected chi connectivity index (χ0v) is 13.3. The van der Waals surface area contributed by atoms with Crippen molar-refractivity contribution in [2.24, 2.45) is 5.10 Å². The van der Waals surface area contributed by atoms with E-state index in [1.807, 2.05) is 60.7 Å². The molecule has 0 radical (unpaired) electrons. The lowest BCUT2D eigenvalue weighted by molar-refractivity contribution is 0.482. The molecule has 3 heteroatoms. The highest BCUT2D eigenvalue weighted by Crippen LogP contribution is 2.24. The second kappa shape index (κ2) is 6.59. The second-order valence-electron chi connectivity index (χ2n) is 5.69. The van der Waals surface area contributed by atoms with E-state index in [-0.39, 0.29) is 0 Å². The van der Waals surface area contributed by atoms with Gasteiger partial charge in [-0.1, -0.05) is 36.4 Å². The predicted octanol–water partition coefficient (Wildman–Crippen LogP) is 5.09. The fourth-order valence-corrected chi connectivity index (χ4v) is 2.79. The van der Waals surface area contributed by atoms with Crippen molar-refractivity contribution in [3.05, 3.63) is 90.5 Å². The summed E-state index contributed by atoms with van der Waals surface area (Å²) in [6.45, 7) is 0.918. The Hall–Kier alpha value is -3.07. The molecule has 3 nitrogen and oxygen atoms in total. The Kier molecular flexibility index (Phi) is 3.98. The third kappa shape index (κ3) is 3.15. The molecular formula is C21H18N2O. The van der Waals surface area contributed by atoms with Gasteiger partial charge in [0.1, 0.15) is 11.5 Å². The van der Waals surface area contributed by atoms with Crippen molar-refractivity contribution in [2.75, 3.05) is 11.6 Å². The average Bonchev–Trinajstić information content (AvgIpc) is 3.14. The first-order chi connectivity index (χ1) is 11.9. The minimum absolute atomic E-state index is 0.837. The molecule has 0 N–H and O–H groups in total. The SMILES string of the molecule is c1ccc(Oc2ccc(C3=NN(c4ccccc4)CC3)cc2)cc1. The minimum Gasteiger partial charge on any atom is -0.457 e. The van der Waals surface area contributed by atoms with Crippen LogP contribution in [0, 0.1) is 0 Å². The van der Waals surface area contributed by atoms with E-state index in [1.54, 1.807) is 0 Å². The fraction of sp³-hybridized carbons (Fsp3) is 0.0952. The molecule has 0 saturated carbocycles. The Morgan fingerprint density at radius 3 is 2.04 bits per heavy atom. The smallest absolute Gasteiger partial charge is 0.127 e. The molecule has 3 aromatic rings. The summed E-state index contributed by atoms with van der Waals surface area (Å²) < 4.78 is 5.84. The van der Waals surface area contributed by atoms with E-state index in [0.717, 1.165) is 41.4 Å². The molecule has 1 aliphatic rings. The Labute approximate surface area is 141 Å². The first-order valence-corrected chi connectivity index (χ1v) is 8.12. The van der Waals surface area contributed by atoms with Gasteiger partial charge >= 0.3 is 0 Å². The summed E-state index contributed by atoms with van der Waals surface area (Å²) in [5.74, 6) is 1.68. The van der Waals surface area contributed by atoms with E-state index in [2.05, 4.69) is 29.3 Å². The quantitative estimate of drug-likeness (QED) is 0.670. The molecule has 0 aromatic heterocycles. The van der Waals surface area contributed by atoms with Gasteiger partial charge in [0, 0.05) is 13.0 Å². The van der Waals surface area contributed by atoms with Crippen LogP contribution in [0.3, 0.4) is 0 Å². The lowest BCUT2D eigenvalue weighted by atomic mass is 10.1. The molecule has 0 amide bonds. The summed E-state index contributed by atoms with van der Waals surface area (Å²) in [5.41, 5.74) is 3.40. The van der Waals surface area contributed by atoms with E-state index >= 15 is 0 Å². The molecule has 24 heavy (non-hydrogen) atoms. The van der Waals surface area contributed by atoms with Crippen molar-refractivity contribution >= 4 is 11.4 Å². The molecule has 0 spiro atoms. The van der Waals surface area contributed by atoms with Gasteiger partial charge in [0.15, 0.2) is 0 Å². The van der Waals surface area contributed by atoms with Crippen LogP contribution in [0.2, 0.25) is 0 Å². The molecule has 0 fully saturated rings. The van der Waals surface area contributed by atoms with E-state index < -0.39 is 0 Å². The number of hydrogen-bond acceptors (Lipinski definition) is 3. The topological polar surface area (TPSA) is 24.8 Å². The van der Waals surface area contributed by atoms with Crippen molar-refractivity contribution in [1.29, 1.82) is 0 Å². The molecule has 1 aliphatic heterocycles. The standard InChI is InChI=1S/C21H18N2O/c1-3-7-18(8-4-1)23-16-15-21(22-23)17-11-13-20(14-12-17)24-19-9-5-2-6-10-19/h1-14H,15-16H2. The predicted molar refractivity (Wildman–Crippen MR) is 97.9 cm³/mol. The van der Waals surface area contributed by atoms with Crippen molar-refractivity contribution in [2.45, 2.75) is 6.42 Å². The number of rotatable bonds is 4. The van der Waals surface area contributed by atoms with Crippen LogP contribution in [0.15, 0.2) is 90.0 Å². The van der Waals surface area contributed by atoms with E-state index in [9.17, 15) is 0 Å². The van der Waals surface area contributed by atoms with Gasteiger partial charge in [-0.3, -0.25) is 5.01 Å². The van der Waals surface area contributed by atoms with E-state index in [1.165, 1.54) is 0 Å². The average molecular weight is 314 g/mol. The molecule has 3 aromatic carbocycles. The number of hydrazone groups is 1. The molecule has 0 aliphatic carbocycles. The van der Waals surface area contributed by atoms with Crippen LogP contribution in [0.1, 0.15) is 12.0 Å². The van der Waals surface area contributed by atoms with Crippen LogP contribution in [0.25, 0.3) is 0 Å². The van der Waals surface area contributed by atoms with Crippen molar-refractivity contribution in [3.63, 3.8) is 0 Å². The monoisotopic (exact) mass is 314 g/mol. The van der Waals surface area contributed by atoms with Crippen LogP contribution >= 0.6 is 0 Å². The highest BCUT2D eigenvalue weighted by molar-refractivity contribution is 6.02. The maximum Gasteiger partial charge on any atom is 0.127 e. The van der Waals surface area contributed by atoms with Crippen molar-refractivity contribution in [1.82, 2.24) is 0 Å². The summed E-state index contributed by atoms with van der Waals surface area (Å²) in [6, 6.07) is 28.2. The van der Waals surface area contributed by atoms with Gasteiger partial charge < -0.3 is 4.74 Å². The lowest BCUT2D eigenvalue weighted by Crippen LogP contribution is -2.11. The fourth-order valence-electron chi connectivity index (χ4n) is 2.79. The van der Waals surface area contributed by atoms with Gasteiger partial charge in [0.2, 0.25) is 0 Å². The second-order valence-corrected chi connectivity index (χ2v) is 5.69. The van der Waals surface area contributed by atoms with Gasteiger partial charge in [-0.15, -0.1) is 0 Å². The number of ether oxygens (including phenoxy) is 1. The summed E-state index contributed by atoms with van der Waals surface area (Å²) in [7, 11) is 0. The number of para-hydroxylation sites is 2. The maximum atomic E-state index is 5.84. The Morgan fingerprint density at radius 2 is 1.33 bits per heavy atom. The zero-order valence-electron chi connectivity index (χ0n) is 13.3. The van der Waals surface area contributed by atoms with Crippen LogP contribution in [-0.2, 0) is 0 Å².